The second-order valence-corrected chi connectivity index (χ2v) is 7.58. The molecule has 5 nitrogen and oxygen atoms in total. The smallest absolute Gasteiger partial charge is 0.191 e. The van der Waals surface area contributed by atoms with E-state index >= 15 is 0 Å². The van der Waals surface area contributed by atoms with Crippen molar-refractivity contribution in [1.82, 2.24) is 20.5 Å². The number of guanidine groups is 1. The van der Waals surface area contributed by atoms with E-state index in [4.69, 9.17) is 11.6 Å². The van der Waals surface area contributed by atoms with Crippen molar-refractivity contribution in [2.24, 2.45) is 4.99 Å². The monoisotopic (exact) mass is 399 g/mol. The van der Waals surface area contributed by atoms with Crippen LogP contribution in [0.15, 0.2) is 47.6 Å². The lowest BCUT2D eigenvalue weighted by atomic mass is 10.0. The average molecular weight is 400 g/mol. The van der Waals surface area contributed by atoms with Crippen LogP contribution >= 0.6 is 11.6 Å². The summed E-state index contributed by atoms with van der Waals surface area (Å²) < 4.78 is 0. The molecule has 2 heterocycles. The third kappa shape index (κ3) is 6.50. The maximum absolute atomic E-state index is 5.83. The third-order valence-electron chi connectivity index (χ3n) is 5.13. The Kier molecular flexibility index (Phi) is 8.12. The molecule has 2 aromatic rings. The highest BCUT2D eigenvalue weighted by Gasteiger charge is 2.12. The summed E-state index contributed by atoms with van der Waals surface area (Å²) in [6, 6.07) is 12.5. The number of rotatable bonds is 7. The molecule has 150 valence electrons. The Bertz CT molecular complexity index is 754. The van der Waals surface area contributed by atoms with Gasteiger partial charge in [0.1, 0.15) is 5.15 Å². The lowest BCUT2D eigenvalue weighted by Crippen LogP contribution is -2.38. The van der Waals surface area contributed by atoms with Crippen LogP contribution in [0, 0.1) is 0 Å². The van der Waals surface area contributed by atoms with Crippen molar-refractivity contribution in [3.63, 3.8) is 0 Å². The standard InChI is InChI=1S/C22H30ClN5/c1-24-22(25-12-11-18-9-10-21(23)26-15-18)27-16-19-7-3-4-8-20(19)17-28-13-5-2-6-14-28/h3-4,7-10,15H,2,5-6,11-14,16-17H2,1H3,(H2,24,25,27). The molecule has 1 aromatic heterocycles. The van der Waals surface area contributed by atoms with Gasteiger partial charge in [0.05, 0.1) is 0 Å². The Labute approximate surface area is 173 Å². The number of hydrogen-bond donors (Lipinski definition) is 2. The summed E-state index contributed by atoms with van der Waals surface area (Å²) in [5.74, 6) is 0.815. The van der Waals surface area contributed by atoms with E-state index in [2.05, 4.69) is 49.8 Å². The fourth-order valence-corrected chi connectivity index (χ4v) is 3.63. The predicted molar refractivity (Wildman–Crippen MR) is 117 cm³/mol. The molecule has 6 heteroatoms. The summed E-state index contributed by atoms with van der Waals surface area (Å²) in [5.41, 5.74) is 3.89. The molecule has 1 fully saturated rings. The highest BCUT2D eigenvalue weighted by atomic mass is 35.5. The maximum Gasteiger partial charge on any atom is 0.191 e. The number of aliphatic imine (C=N–C) groups is 1. The second kappa shape index (κ2) is 11.0. The molecule has 3 rings (SSSR count). The summed E-state index contributed by atoms with van der Waals surface area (Å²) >= 11 is 5.83. The molecule has 1 aliphatic heterocycles. The van der Waals surface area contributed by atoms with Gasteiger partial charge in [-0.25, -0.2) is 4.98 Å². The van der Waals surface area contributed by atoms with Crippen molar-refractivity contribution >= 4 is 17.6 Å². The SMILES string of the molecule is CN=C(NCCc1ccc(Cl)nc1)NCc1ccccc1CN1CCCCC1. The number of pyridine rings is 1. The predicted octanol–water partition coefficient (Wildman–Crippen LogP) is 3.63. The van der Waals surface area contributed by atoms with Gasteiger partial charge in [0.2, 0.25) is 0 Å². The van der Waals surface area contributed by atoms with Gasteiger partial charge in [-0.2, -0.15) is 0 Å². The molecule has 0 amide bonds. The molecule has 0 unspecified atom stereocenters. The number of hydrogen-bond acceptors (Lipinski definition) is 3. The first-order chi connectivity index (χ1) is 13.7. The van der Waals surface area contributed by atoms with Crippen molar-refractivity contribution in [3.8, 4) is 0 Å². The minimum absolute atomic E-state index is 0.525. The van der Waals surface area contributed by atoms with Crippen LogP contribution in [0.25, 0.3) is 0 Å². The zero-order chi connectivity index (χ0) is 19.6. The van der Waals surface area contributed by atoms with Gasteiger partial charge in [-0.3, -0.25) is 9.89 Å². The molecule has 0 atom stereocenters. The minimum Gasteiger partial charge on any atom is -0.356 e. The van der Waals surface area contributed by atoms with Gasteiger partial charge in [0.25, 0.3) is 0 Å². The highest BCUT2D eigenvalue weighted by Crippen LogP contribution is 2.16. The molecule has 1 aromatic carbocycles. The molecule has 0 spiro atoms. The number of likely N-dealkylation sites (tertiary alicyclic amines) is 1. The third-order valence-corrected chi connectivity index (χ3v) is 5.35. The minimum atomic E-state index is 0.525. The summed E-state index contributed by atoms with van der Waals surface area (Å²) in [4.78, 5) is 11.0. The largest absolute Gasteiger partial charge is 0.356 e. The van der Waals surface area contributed by atoms with E-state index in [-0.39, 0.29) is 0 Å². The number of halogens is 1. The van der Waals surface area contributed by atoms with E-state index in [0.717, 1.165) is 37.6 Å². The van der Waals surface area contributed by atoms with E-state index in [0.29, 0.717) is 5.15 Å². The Morgan fingerprint density at radius 2 is 1.86 bits per heavy atom. The van der Waals surface area contributed by atoms with Crippen molar-refractivity contribution in [2.45, 2.75) is 38.8 Å². The first-order valence-electron chi connectivity index (χ1n) is 10.1. The fraction of sp³-hybridized carbons (Fsp3) is 0.455. The lowest BCUT2D eigenvalue weighted by molar-refractivity contribution is 0.220. The van der Waals surface area contributed by atoms with Gasteiger partial charge >= 0.3 is 0 Å². The number of piperidine rings is 1. The van der Waals surface area contributed by atoms with Gasteiger partial charge in [0.15, 0.2) is 5.96 Å². The van der Waals surface area contributed by atoms with Crippen molar-refractivity contribution < 1.29 is 0 Å². The highest BCUT2D eigenvalue weighted by molar-refractivity contribution is 6.29. The Morgan fingerprint density at radius 3 is 2.57 bits per heavy atom. The molecule has 0 radical (unpaired) electrons. The molecular formula is C22H30ClN5. The number of benzene rings is 1. The van der Waals surface area contributed by atoms with Gasteiger partial charge in [-0.1, -0.05) is 48.4 Å². The first-order valence-corrected chi connectivity index (χ1v) is 10.5. The van der Waals surface area contributed by atoms with E-state index in [1.54, 1.807) is 7.05 Å². The number of aromatic nitrogens is 1. The molecule has 28 heavy (non-hydrogen) atoms. The lowest BCUT2D eigenvalue weighted by Gasteiger charge is -2.27. The summed E-state index contributed by atoms with van der Waals surface area (Å²) in [6.45, 7) is 5.02. The molecule has 0 aliphatic carbocycles. The van der Waals surface area contributed by atoms with Crippen LogP contribution in [0.5, 0.6) is 0 Å². The molecule has 0 saturated carbocycles. The van der Waals surface area contributed by atoms with Crippen LogP contribution in [0.3, 0.4) is 0 Å². The van der Waals surface area contributed by atoms with Crippen LogP contribution in [0.4, 0.5) is 0 Å². The summed E-state index contributed by atoms with van der Waals surface area (Å²) in [6.07, 6.45) is 6.70. The molecule has 1 saturated heterocycles. The Hall–Kier alpha value is -2.11. The Balaban J connectivity index is 1.48. The van der Waals surface area contributed by atoms with Crippen LogP contribution in [-0.2, 0) is 19.5 Å². The van der Waals surface area contributed by atoms with Gasteiger partial charge < -0.3 is 10.6 Å². The van der Waals surface area contributed by atoms with Crippen LogP contribution in [0.1, 0.15) is 36.0 Å². The zero-order valence-corrected chi connectivity index (χ0v) is 17.4. The Morgan fingerprint density at radius 1 is 1.07 bits per heavy atom. The summed E-state index contributed by atoms with van der Waals surface area (Å²) in [5, 5.41) is 7.34. The van der Waals surface area contributed by atoms with E-state index in [9.17, 15) is 0 Å². The topological polar surface area (TPSA) is 52.6 Å². The summed E-state index contributed by atoms with van der Waals surface area (Å²) in [7, 11) is 1.80. The van der Waals surface area contributed by atoms with E-state index in [1.165, 1.54) is 43.5 Å². The van der Waals surface area contributed by atoms with Crippen LogP contribution in [-0.4, -0.2) is 42.5 Å². The number of nitrogens with zero attached hydrogens (tertiary/aromatic N) is 3. The second-order valence-electron chi connectivity index (χ2n) is 7.20. The zero-order valence-electron chi connectivity index (χ0n) is 16.6. The van der Waals surface area contributed by atoms with Crippen molar-refractivity contribution in [1.29, 1.82) is 0 Å². The van der Waals surface area contributed by atoms with Crippen molar-refractivity contribution in [2.75, 3.05) is 26.7 Å². The normalized spacial score (nSPS) is 15.4. The number of nitrogens with one attached hydrogen (secondary N) is 2. The van der Waals surface area contributed by atoms with Gasteiger partial charge in [-0.15, -0.1) is 0 Å². The van der Waals surface area contributed by atoms with Gasteiger partial charge in [-0.05, 0) is 55.1 Å². The molecule has 0 bridgehead atoms. The van der Waals surface area contributed by atoms with Crippen LogP contribution < -0.4 is 10.6 Å². The van der Waals surface area contributed by atoms with Gasteiger partial charge in [0, 0.05) is 32.9 Å². The van der Waals surface area contributed by atoms with E-state index in [1.807, 2.05) is 18.3 Å². The first kappa shape index (κ1) is 20.6. The van der Waals surface area contributed by atoms with Crippen molar-refractivity contribution in [3.05, 3.63) is 64.4 Å². The molecule has 1 aliphatic rings. The van der Waals surface area contributed by atoms with E-state index < -0.39 is 0 Å². The molecule has 2 N–H and O–H groups in total. The molecular weight excluding hydrogens is 370 g/mol. The average Bonchev–Trinajstić information content (AvgIpc) is 2.73. The fourth-order valence-electron chi connectivity index (χ4n) is 3.52. The van der Waals surface area contributed by atoms with Crippen LogP contribution in [0.2, 0.25) is 5.15 Å². The quantitative estimate of drug-likeness (QED) is 0.424. The maximum atomic E-state index is 5.83.